The van der Waals surface area contributed by atoms with E-state index in [0.717, 1.165) is 0 Å². The third kappa shape index (κ3) is 3.05. The Morgan fingerprint density at radius 3 is 1.20 bits per heavy atom. The molecule has 0 amide bonds. The second kappa shape index (κ2) is 4.83. The van der Waals surface area contributed by atoms with Crippen LogP contribution in [0.2, 0.25) is 0 Å². The van der Waals surface area contributed by atoms with Gasteiger partial charge in [-0.3, -0.25) is 0 Å². The van der Waals surface area contributed by atoms with Gasteiger partial charge in [0.25, 0.3) is 0 Å². The van der Waals surface area contributed by atoms with Crippen molar-refractivity contribution in [2.45, 2.75) is 42.7 Å². The standard InChI is InChI=1S/C7H3F13/c8-2(9)5(15,16)7(19,20)6(17,18)3(10,11)1-4(12,13)14/h2H,1H2. The highest BCUT2D eigenvalue weighted by atomic mass is 19.4. The highest BCUT2D eigenvalue weighted by Crippen LogP contribution is 2.56. The molecule has 0 fully saturated rings. The van der Waals surface area contributed by atoms with Gasteiger partial charge in [-0.25, -0.2) is 8.78 Å². The lowest BCUT2D eigenvalue weighted by molar-refractivity contribution is -0.392. The molecule has 13 heteroatoms. The summed E-state index contributed by atoms with van der Waals surface area (Å²) in [7, 11) is 0. The number of alkyl halides is 13. The second-order valence-electron chi connectivity index (χ2n) is 3.57. The van der Waals surface area contributed by atoms with Crippen molar-refractivity contribution in [3.8, 4) is 0 Å². The summed E-state index contributed by atoms with van der Waals surface area (Å²) in [6, 6.07) is 0. The van der Waals surface area contributed by atoms with E-state index in [9.17, 15) is 57.1 Å². The third-order valence-corrected chi connectivity index (χ3v) is 1.97. The van der Waals surface area contributed by atoms with Gasteiger partial charge in [0, 0.05) is 0 Å². The first-order chi connectivity index (χ1) is 8.40. The molecule has 0 nitrogen and oxygen atoms in total. The van der Waals surface area contributed by atoms with E-state index in [1.54, 1.807) is 0 Å². The van der Waals surface area contributed by atoms with Crippen LogP contribution in [-0.4, -0.2) is 36.3 Å². The van der Waals surface area contributed by atoms with E-state index < -0.39 is 42.7 Å². The van der Waals surface area contributed by atoms with E-state index in [0.29, 0.717) is 0 Å². The molecule has 0 radical (unpaired) electrons. The van der Waals surface area contributed by atoms with E-state index in [1.807, 2.05) is 0 Å². The molecule has 0 saturated carbocycles. The Labute approximate surface area is 101 Å². The molecule has 0 atom stereocenters. The minimum atomic E-state index is -7.40. The topological polar surface area (TPSA) is 0 Å². The molecule has 0 unspecified atom stereocenters. The van der Waals surface area contributed by atoms with Gasteiger partial charge in [-0.2, -0.15) is 48.3 Å². The van der Waals surface area contributed by atoms with E-state index >= 15 is 0 Å². The largest absolute Gasteiger partial charge is 0.395 e. The van der Waals surface area contributed by atoms with Crippen molar-refractivity contribution in [1.82, 2.24) is 0 Å². The molecule has 0 N–H and O–H groups in total. The molecule has 0 aromatic heterocycles. The van der Waals surface area contributed by atoms with E-state index in [2.05, 4.69) is 0 Å². The Hall–Kier alpha value is -0.910. The third-order valence-electron chi connectivity index (χ3n) is 1.97. The van der Waals surface area contributed by atoms with Gasteiger partial charge in [0.15, 0.2) is 0 Å². The number of rotatable bonds is 5. The van der Waals surface area contributed by atoms with Crippen LogP contribution in [0.15, 0.2) is 0 Å². The van der Waals surface area contributed by atoms with Crippen molar-refractivity contribution in [2.75, 3.05) is 0 Å². The Bertz CT molecular complexity index is 337. The van der Waals surface area contributed by atoms with Gasteiger partial charge < -0.3 is 0 Å². The van der Waals surface area contributed by atoms with Crippen LogP contribution < -0.4 is 0 Å². The first kappa shape index (κ1) is 19.1. The smallest absolute Gasteiger partial charge is 0.203 e. The van der Waals surface area contributed by atoms with E-state index in [1.165, 1.54) is 0 Å². The van der Waals surface area contributed by atoms with Gasteiger partial charge in [0.2, 0.25) is 0 Å². The van der Waals surface area contributed by atoms with Crippen molar-refractivity contribution in [2.24, 2.45) is 0 Å². The summed E-state index contributed by atoms with van der Waals surface area (Å²) in [5.74, 6) is -28.4. The van der Waals surface area contributed by atoms with Crippen molar-refractivity contribution in [3.63, 3.8) is 0 Å². The summed E-state index contributed by atoms with van der Waals surface area (Å²) in [4.78, 5) is 0. The summed E-state index contributed by atoms with van der Waals surface area (Å²) in [6.45, 7) is 0. The summed E-state index contributed by atoms with van der Waals surface area (Å²) in [6.07, 6.45) is -15.5. The molecule has 0 aliphatic carbocycles. The average Bonchev–Trinajstić information content (AvgIpc) is 2.12. The van der Waals surface area contributed by atoms with Crippen LogP contribution in [0.4, 0.5) is 57.1 Å². The van der Waals surface area contributed by atoms with Crippen LogP contribution in [0, 0.1) is 0 Å². The van der Waals surface area contributed by atoms with Gasteiger partial charge in [-0.05, 0) is 0 Å². The fraction of sp³-hybridized carbons (Fsp3) is 1.00. The highest BCUT2D eigenvalue weighted by Gasteiger charge is 2.83. The predicted octanol–water partition coefficient (Wildman–Crippen LogP) is 4.75. The number of hydrogen-bond acceptors (Lipinski definition) is 0. The molecule has 0 spiro atoms. The summed E-state index contributed by atoms with van der Waals surface area (Å²) in [5, 5.41) is 0. The summed E-state index contributed by atoms with van der Waals surface area (Å²) in [5.41, 5.74) is 0. The fourth-order valence-electron chi connectivity index (χ4n) is 0.939. The molecule has 0 rings (SSSR count). The van der Waals surface area contributed by atoms with E-state index in [-0.39, 0.29) is 0 Å². The van der Waals surface area contributed by atoms with Gasteiger partial charge in [-0.15, -0.1) is 0 Å². The van der Waals surface area contributed by atoms with Crippen molar-refractivity contribution >= 4 is 0 Å². The Morgan fingerprint density at radius 2 is 0.950 bits per heavy atom. The van der Waals surface area contributed by atoms with Crippen molar-refractivity contribution in [1.29, 1.82) is 0 Å². The number of halogens is 13. The second-order valence-corrected chi connectivity index (χ2v) is 3.57. The number of hydrogen-bond donors (Lipinski definition) is 0. The zero-order chi connectivity index (χ0) is 16.8. The molecule has 0 aromatic rings. The minimum Gasteiger partial charge on any atom is -0.203 e. The fourth-order valence-corrected chi connectivity index (χ4v) is 0.939. The summed E-state index contributed by atoms with van der Waals surface area (Å²) < 4.78 is 157. The molecule has 0 aliphatic rings. The van der Waals surface area contributed by atoms with Crippen LogP contribution >= 0.6 is 0 Å². The molecule has 0 aliphatic heterocycles. The van der Waals surface area contributed by atoms with Crippen LogP contribution in [0.3, 0.4) is 0 Å². The highest BCUT2D eigenvalue weighted by molar-refractivity contribution is 5.05. The summed E-state index contributed by atoms with van der Waals surface area (Å²) >= 11 is 0. The molecule has 0 aromatic carbocycles. The lowest BCUT2D eigenvalue weighted by atomic mass is 9.96. The van der Waals surface area contributed by atoms with Crippen molar-refractivity contribution in [3.05, 3.63) is 0 Å². The van der Waals surface area contributed by atoms with Crippen LogP contribution in [0.1, 0.15) is 6.42 Å². The maximum absolute atomic E-state index is 12.6. The van der Waals surface area contributed by atoms with Crippen LogP contribution in [0.5, 0.6) is 0 Å². The molecule has 0 bridgehead atoms. The van der Waals surface area contributed by atoms with Crippen LogP contribution in [-0.2, 0) is 0 Å². The molecule has 0 heterocycles. The maximum atomic E-state index is 12.6. The maximum Gasteiger partial charge on any atom is 0.395 e. The van der Waals surface area contributed by atoms with E-state index in [4.69, 9.17) is 0 Å². The Morgan fingerprint density at radius 1 is 0.600 bits per heavy atom. The molecular formula is C7H3F13. The first-order valence-corrected chi connectivity index (χ1v) is 4.26. The predicted molar refractivity (Wildman–Crippen MR) is 36.5 cm³/mol. The first-order valence-electron chi connectivity index (χ1n) is 4.26. The Balaban J connectivity index is 5.72. The van der Waals surface area contributed by atoms with Crippen molar-refractivity contribution < 1.29 is 57.1 Å². The molecule has 0 saturated heterocycles. The lowest BCUT2D eigenvalue weighted by Gasteiger charge is -2.36. The molecule has 20 heavy (non-hydrogen) atoms. The van der Waals surface area contributed by atoms with Crippen LogP contribution in [0.25, 0.3) is 0 Å². The van der Waals surface area contributed by atoms with Gasteiger partial charge in [0.05, 0.1) is 0 Å². The monoisotopic (exact) mass is 334 g/mol. The molecule has 122 valence electrons. The molecular weight excluding hydrogens is 331 g/mol. The zero-order valence-corrected chi connectivity index (χ0v) is 8.70. The van der Waals surface area contributed by atoms with Gasteiger partial charge in [0.1, 0.15) is 6.42 Å². The minimum absolute atomic E-state index is 3.89. The van der Waals surface area contributed by atoms with Gasteiger partial charge >= 0.3 is 36.3 Å². The quantitative estimate of drug-likeness (QED) is 0.637. The zero-order valence-electron chi connectivity index (χ0n) is 8.70. The lowest BCUT2D eigenvalue weighted by Crippen LogP contribution is -2.64. The Kier molecular flexibility index (Phi) is 4.61. The normalized spacial score (nSPS) is 15.9. The average molecular weight is 334 g/mol. The van der Waals surface area contributed by atoms with Gasteiger partial charge in [-0.1, -0.05) is 0 Å². The SMILES string of the molecule is FC(F)C(F)(F)C(F)(F)C(F)(F)C(F)(F)CC(F)(F)F.